The van der Waals surface area contributed by atoms with E-state index in [1.807, 2.05) is 0 Å². The summed E-state index contributed by atoms with van der Waals surface area (Å²) in [5, 5.41) is 33.6. The molecule has 1 aliphatic carbocycles. The minimum Gasteiger partial charge on any atom is -0.356 e. The molecule has 0 saturated carbocycles. The van der Waals surface area contributed by atoms with Crippen molar-refractivity contribution in [2.24, 2.45) is 0 Å². The lowest BCUT2D eigenvalue weighted by molar-refractivity contribution is -0.385. The van der Waals surface area contributed by atoms with Gasteiger partial charge in [-0.1, -0.05) is 0 Å². The number of amides is 2. The second kappa shape index (κ2) is 14.3. The van der Waals surface area contributed by atoms with Crippen molar-refractivity contribution in [1.29, 1.82) is 0 Å². The molecule has 0 spiro atoms. The molecule has 14 nitrogen and oxygen atoms in total. The van der Waals surface area contributed by atoms with Crippen molar-refractivity contribution in [2.75, 3.05) is 21.3 Å². The van der Waals surface area contributed by atoms with Crippen LogP contribution in [0.3, 0.4) is 0 Å². The number of rotatable bonds is 10. The van der Waals surface area contributed by atoms with Crippen molar-refractivity contribution in [2.45, 2.75) is 0 Å². The maximum absolute atomic E-state index is 13.5. The largest absolute Gasteiger partial charge is 0.356 e. The molecule has 0 heterocycles. The van der Waals surface area contributed by atoms with Crippen molar-refractivity contribution in [3.63, 3.8) is 0 Å². The third-order valence-electron chi connectivity index (χ3n) is 8.56. The van der Waals surface area contributed by atoms with Crippen molar-refractivity contribution in [1.82, 2.24) is 0 Å². The fraction of sp³-hybridized carbons (Fsp3) is 0. The Morgan fingerprint density at radius 3 is 1.02 bits per heavy atom. The van der Waals surface area contributed by atoms with Gasteiger partial charge in [-0.25, -0.2) is 0 Å². The van der Waals surface area contributed by atoms with Crippen molar-refractivity contribution in [3.8, 4) is 0 Å². The number of fused-ring (bicyclic) bond motifs is 2. The molecule has 0 aromatic heterocycles. The molecule has 0 radical (unpaired) electrons. The Morgan fingerprint density at radius 2 is 0.704 bits per heavy atom. The molecule has 0 atom stereocenters. The molecule has 0 fully saturated rings. The maximum atomic E-state index is 13.5. The number of nitro benzene ring substituents is 2. The molecule has 1 aliphatic rings. The Hall–Kier alpha value is -8.00. The number of carbonyl (C=O) groups excluding carboxylic acids is 4. The van der Waals surface area contributed by atoms with E-state index in [0.717, 1.165) is 0 Å². The first-order valence-electron chi connectivity index (χ1n) is 16.3. The third-order valence-corrected chi connectivity index (χ3v) is 8.56. The lowest BCUT2D eigenvalue weighted by atomic mass is 9.82. The Morgan fingerprint density at radius 1 is 0.407 bits per heavy atom. The maximum Gasteiger partial charge on any atom is 0.269 e. The van der Waals surface area contributed by atoms with Gasteiger partial charge >= 0.3 is 0 Å². The highest BCUT2D eigenvalue weighted by Gasteiger charge is 2.31. The third kappa shape index (κ3) is 7.24. The average Bonchev–Trinajstić information content (AvgIpc) is 3.18. The van der Waals surface area contributed by atoms with Crippen LogP contribution in [0, 0.1) is 20.2 Å². The summed E-state index contributed by atoms with van der Waals surface area (Å²) in [6.45, 7) is 0. The van der Waals surface area contributed by atoms with Gasteiger partial charge in [0.15, 0.2) is 11.6 Å². The average molecular weight is 719 g/mol. The molecule has 14 heteroatoms. The molecule has 2 amide bonds. The highest BCUT2D eigenvalue weighted by atomic mass is 16.6. The lowest BCUT2D eigenvalue weighted by Gasteiger charge is -2.19. The van der Waals surface area contributed by atoms with Crippen LogP contribution in [0.1, 0.15) is 52.6 Å². The summed E-state index contributed by atoms with van der Waals surface area (Å²) in [4.78, 5) is 74.2. The van der Waals surface area contributed by atoms with Gasteiger partial charge in [-0.3, -0.25) is 39.4 Å². The number of nitro groups is 2. The first-order chi connectivity index (χ1) is 26.0. The summed E-state index contributed by atoms with van der Waals surface area (Å²) >= 11 is 0. The van der Waals surface area contributed by atoms with Gasteiger partial charge < -0.3 is 21.3 Å². The number of hydrogen-bond acceptors (Lipinski definition) is 10. The standard InChI is InChI=1S/C40H26N6O8/c47-37-33-19-1-23(39(49)43-29-7-3-25(4-8-29)41-27-11-15-31(16-12-27)45(51)52)21-35(33)38(48)34-20-2-24(22-36(34)37)40(50)44-30-9-5-26(6-10-30)42-28-13-17-32(18-14-28)46(53)54/h1-22,41-42H,(H,43,49)(H,44,50). The van der Waals surface area contributed by atoms with Gasteiger partial charge in [0.1, 0.15) is 0 Å². The zero-order valence-electron chi connectivity index (χ0n) is 27.9. The van der Waals surface area contributed by atoms with Crippen LogP contribution in [0.15, 0.2) is 133 Å². The van der Waals surface area contributed by atoms with Gasteiger partial charge in [0.05, 0.1) is 9.85 Å². The Labute approximate surface area is 305 Å². The minimum atomic E-state index is -0.498. The van der Waals surface area contributed by atoms with E-state index in [2.05, 4.69) is 21.3 Å². The monoisotopic (exact) mass is 718 g/mol. The van der Waals surface area contributed by atoms with E-state index in [1.54, 1.807) is 72.8 Å². The molecule has 54 heavy (non-hydrogen) atoms. The zero-order chi connectivity index (χ0) is 37.9. The van der Waals surface area contributed by atoms with Gasteiger partial charge in [0.25, 0.3) is 23.2 Å². The summed E-state index contributed by atoms with van der Waals surface area (Å²) in [6.07, 6.45) is 0. The van der Waals surface area contributed by atoms with Gasteiger partial charge in [-0.2, -0.15) is 0 Å². The molecule has 6 aromatic carbocycles. The van der Waals surface area contributed by atoms with Crippen LogP contribution < -0.4 is 21.3 Å². The normalized spacial score (nSPS) is 11.5. The Balaban J connectivity index is 0.989. The molecule has 0 bridgehead atoms. The number of anilines is 6. The molecular formula is C40H26N6O8. The highest BCUT2D eigenvalue weighted by molar-refractivity contribution is 6.29. The van der Waals surface area contributed by atoms with Gasteiger partial charge in [-0.15, -0.1) is 0 Å². The topological polar surface area (TPSA) is 203 Å². The second-order valence-corrected chi connectivity index (χ2v) is 12.1. The van der Waals surface area contributed by atoms with Crippen LogP contribution in [0.5, 0.6) is 0 Å². The molecule has 264 valence electrons. The predicted molar refractivity (Wildman–Crippen MR) is 201 cm³/mol. The van der Waals surface area contributed by atoms with E-state index >= 15 is 0 Å². The summed E-state index contributed by atoms with van der Waals surface area (Å²) in [5.74, 6) is -1.91. The van der Waals surface area contributed by atoms with E-state index in [4.69, 9.17) is 0 Å². The van der Waals surface area contributed by atoms with Gasteiger partial charge in [0, 0.05) is 91.8 Å². The van der Waals surface area contributed by atoms with Crippen molar-refractivity contribution >= 4 is 68.9 Å². The SMILES string of the molecule is O=C(Nc1ccc(Nc2ccc([N+](=O)[O-])cc2)cc1)c1ccc2c(c1)C(=O)c1ccc(C(=O)Nc3ccc(Nc4ccc([N+](=O)[O-])cc4)cc3)cc1C2=O. The predicted octanol–water partition coefficient (Wildman–Crippen LogP) is 8.27. The summed E-state index contributed by atoms with van der Waals surface area (Å²) in [6, 6.07) is 33.9. The highest BCUT2D eigenvalue weighted by Crippen LogP contribution is 2.30. The number of hydrogen-bond donors (Lipinski definition) is 4. The molecule has 4 N–H and O–H groups in total. The fourth-order valence-electron chi connectivity index (χ4n) is 5.78. The van der Waals surface area contributed by atoms with Crippen LogP contribution in [0.4, 0.5) is 45.5 Å². The lowest BCUT2D eigenvalue weighted by Crippen LogP contribution is -2.23. The summed E-state index contributed by atoms with van der Waals surface area (Å²) in [7, 11) is 0. The van der Waals surface area contributed by atoms with E-state index in [1.165, 1.54) is 60.7 Å². The van der Waals surface area contributed by atoms with Crippen molar-refractivity contribution < 1.29 is 29.0 Å². The number of ketones is 2. The Bertz CT molecular complexity index is 2320. The van der Waals surface area contributed by atoms with Crippen LogP contribution in [-0.4, -0.2) is 33.2 Å². The fourth-order valence-corrected chi connectivity index (χ4v) is 5.78. The summed E-state index contributed by atoms with van der Waals surface area (Å²) < 4.78 is 0. The summed E-state index contributed by atoms with van der Waals surface area (Å²) in [5.41, 5.74) is 4.25. The zero-order valence-corrected chi connectivity index (χ0v) is 27.9. The van der Waals surface area contributed by atoms with Crippen LogP contribution in [0.25, 0.3) is 0 Å². The molecule has 6 aromatic rings. The van der Waals surface area contributed by atoms with E-state index in [-0.39, 0.29) is 44.8 Å². The minimum absolute atomic E-state index is 0.0235. The van der Waals surface area contributed by atoms with Crippen LogP contribution in [0.2, 0.25) is 0 Å². The molecule has 0 unspecified atom stereocenters. The van der Waals surface area contributed by atoms with Crippen LogP contribution in [-0.2, 0) is 0 Å². The van der Waals surface area contributed by atoms with Crippen molar-refractivity contribution in [3.05, 3.63) is 187 Å². The van der Waals surface area contributed by atoms with E-state index < -0.39 is 33.2 Å². The molecule has 0 aliphatic heterocycles. The smallest absolute Gasteiger partial charge is 0.269 e. The number of non-ortho nitro benzene ring substituents is 2. The first-order valence-corrected chi connectivity index (χ1v) is 16.3. The van der Waals surface area contributed by atoms with E-state index in [0.29, 0.717) is 34.1 Å². The number of nitrogens with one attached hydrogen (secondary N) is 4. The molecular weight excluding hydrogens is 692 g/mol. The first kappa shape index (κ1) is 34.4. The van der Waals surface area contributed by atoms with Gasteiger partial charge in [-0.05, 0) is 109 Å². The van der Waals surface area contributed by atoms with Crippen LogP contribution >= 0.6 is 0 Å². The Kier molecular flexibility index (Phi) is 9.14. The number of carbonyl (C=O) groups is 4. The molecule has 7 rings (SSSR count). The van der Waals surface area contributed by atoms with E-state index in [9.17, 15) is 39.4 Å². The quantitative estimate of drug-likeness (QED) is 0.0787. The second-order valence-electron chi connectivity index (χ2n) is 12.1. The number of benzene rings is 6. The number of nitrogens with zero attached hydrogens (tertiary/aromatic N) is 2. The molecule has 0 saturated heterocycles. The van der Waals surface area contributed by atoms with Gasteiger partial charge in [0.2, 0.25) is 0 Å².